The molecule has 7 nitrogen and oxygen atoms in total. The third-order valence-electron chi connectivity index (χ3n) is 4.72. The van der Waals surface area contributed by atoms with Gasteiger partial charge in [-0.25, -0.2) is 4.79 Å². The number of carbonyl (C=O) groups is 3. The lowest BCUT2D eigenvalue weighted by atomic mass is 10.1. The number of esters is 1. The fourth-order valence-electron chi connectivity index (χ4n) is 2.96. The van der Waals surface area contributed by atoms with Crippen LogP contribution in [0.15, 0.2) is 39.7 Å². The van der Waals surface area contributed by atoms with Crippen molar-refractivity contribution in [3.8, 4) is 11.5 Å². The Morgan fingerprint density at radius 1 is 1.18 bits per heavy atom. The molecule has 1 aliphatic heterocycles. The van der Waals surface area contributed by atoms with E-state index in [1.165, 1.54) is 21.1 Å². The number of hydrogen-bond donors (Lipinski definition) is 0. The number of imide groups is 1. The summed E-state index contributed by atoms with van der Waals surface area (Å²) in [5, 5.41) is 0.458. The number of halogens is 3. The first-order valence-corrected chi connectivity index (χ1v) is 11.8. The maximum atomic E-state index is 12.7. The second-order valence-corrected chi connectivity index (χ2v) is 9.49. The van der Waals surface area contributed by atoms with Crippen molar-refractivity contribution in [1.29, 1.82) is 0 Å². The van der Waals surface area contributed by atoms with Crippen molar-refractivity contribution in [1.82, 2.24) is 4.90 Å². The molecule has 3 rings (SSSR count). The molecule has 1 fully saturated rings. The van der Waals surface area contributed by atoms with E-state index < -0.39 is 23.2 Å². The summed E-state index contributed by atoms with van der Waals surface area (Å²) in [7, 11) is 2.68. The van der Waals surface area contributed by atoms with Gasteiger partial charge >= 0.3 is 5.97 Å². The molecule has 0 N–H and O–H groups in total. The van der Waals surface area contributed by atoms with E-state index in [0.717, 1.165) is 22.2 Å². The lowest BCUT2D eigenvalue weighted by molar-refractivity contribution is -0.148. The molecule has 0 unspecified atom stereocenters. The molecule has 1 atom stereocenters. The van der Waals surface area contributed by atoms with Gasteiger partial charge in [0.2, 0.25) is 0 Å². The number of benzene rings is 2. The highest BCUT2D eigenvalue weighted by Gasteiger charge is 2.41. The molecule has 2 aromatic carbocycles. The number of methoxy groups -OCH3 is 2. The second kappa shape index (κ2) is 10.8. The van der Waals surface area contributed by atoms with Crippen LogP contribution in [0.2, 0.25) is 10.0 Å². The van der Waals surface area contributed by atoms with Crippen molar-refractivity contribution < 1.29 is 28.6 Å². The Morgan fingerprint density at radius 3 is 2.55 bits per heavy atom. The Labute approximate surface area is 213 Å². The van der Waals surface area contributed by atoms with Crippen LogP contribution in [-0.4, -0.2) is 42.3 Å². The molecule has 0 radical (unpaired) electrons. The van der Waals surface area contributed by atoms with Crippen molar-refractivity contribution in [3.63, 3.8) is 0 Å². The maximum Gasteiger partial charge on any atom is 0.328 e. The number of rotatable bonds is 7. The minimum Gasteiger partial charge on any atom is -0.493 e. The second-order valence-electron chi connectivity index (χ2n) is 6.80. The van der Waals surface area contributed by atoms with Gasteiger partial charge in [-0.15, -0.1) is 0 Å². The van der Waals surface area contributed by atoms with Crippen LogP contribution in [0.1, 0.15) is 18.1 Å². The highest BCUT2D eigenvalue weighted by molar-refractivity contribution is 9.10. The molecule has 11 heteroatoms. The molecule has 0 spiro atoms. The molecule has 1 aliphatic rings. The van der Waals surface area contributed by atoms with Crippen molar-refractivity contribution in [2.45, 2.75) is 19.6 Å². The van der Waals surface area contributed by atoms with Gasteiger partial charge in [-0.1, -0.05) is 45.2 Å². The van der Waals surface area contributed by atoms with Gasteiger partial charge in [0.1, 0.15) is 12.6 Å². The van der Waals surface area contributed by atoms with Crippen LogP contribution in [0, 0.1) is 0 Å². The molecule has 0 bridgehead atoms. The summed E-state index contributed by atoms with van der Waals surface area (Å²) in [6.07, 6.45) is 1.54. The van der Waals surface area contributed by atoms with E-state index in [1.807, 2.05) is 0 Å². The summed E-state index contributed by atoms with van der Waals surface area (Å²) in [4.78, 5) is 37.9. The van der Waals surface area contributed by atoms with Crippen LogP contribution in [0.5, 0.6) is 11.5 Å². The molecule has 1 saturated heterocycles. The van der Waals surface area contributed by atoms with E-state index in [2.05, 4.69) is 20.7 Å². The summed E-state index contributed by atoms with van der Waals surface area (Å²) in [6.45, 7) is 1.62. The average Bonchev–Trinajstić information content (AvgIpc) is 3.06. The van der Waals surface area contributed by atoms with Crippen LogP contribution >= 0.6 is 50.9 Å². The summed E-state index contributed by atoms with van der Waals surface area (Å²) >= 11 is 16.3. The molecule has 33 heavy (non-hydrogen) atoms. The number of hydrogen-bond acceptors (Lipinski definition) is 7. The molecule has 0 aromatic heterocycles. The first-order valence-electron chi connectivity index (χ1n) is 9.45. The monoisotopic (exact) mass is 573 g/mol. The normalized spacial score (nSPS) is 15.7. The van der Waals surface area contributed by atoms with E-state index in [1.54, 1.807) is 36.4 Å². The van der Waals surface area contributed by atoms with Gasteiger partial charge in [-0.05, 0) is 54.6 Å². The van der Waals surface area contributed by atoms with Crippen LogP contribution < -0.4 is 9.47 Å². The highest BCUT2D eigenvalue weighted by Crippen LogP contribution is 2.39. The first-order chi connectivity index (χ1) is 15.7. The zero-order valence-electron chi connectivity index (χ0n) is 17.7. The standard InChI is InChI=1S/C22H18BrCl2NO6S/c1-11(21(28)31-3)26-20(27)19(33-22(26)29)7-13-6-17(30-2)18(9-15(13)23)32-10-12-4-5-14(24)8-16(12)25/h4-9,11H,10H2,1-3H3/b19-7+/t11-/m1/s1. The predicted molar refractivity (Wildman–Crippen MR) is 131 cm³/mol. The van der Waals surface area contributed by atoms with E-state index in [-0.39, 0.29) is 11.5 Å². The first kappa shape index (κ1) is 25.4. The van der Waals surface area contributed by atoms with E-state index in [9.17, 15) is 14.4 Å². The Hall–Kier alpha value is -2.20. The summed E-state index contributed by atoms with van der Waals surface area (Å²) in [5.41, 5.74) is 1.33. The molecule has 2 aromatic rings. The van der Waals surface area contributed by atoms with Gasteiger partial charge in [0, 0.05) is 20.1 Å². The molecular weight excluding hydrogens is 557 g/mol. The zero-order valence-corrected chi connectivity index (χ0v) is 21.6. The molecular formula is C22H18BrCl2NO6S. The van der Waals surface area contributed by atoms with E-state index >= 15 is 0 Å². The average molecular weight is 575 g/mol. The fourth-order valence-corrected chi connectivity index (χ4v) is 4.76. The Morgan fingerprint density at radius 2 is 1.91 bits per heavy atom. The van der Waals surface area contributed by atoms with Gasteiger partial charge in [-0.3, -0.25) is 14.5 Å². The van der Waals surface area contributed by atoms with Gasteiger partial charge in [0.25, 0.3) is 11.1 Å². The number of amides is 2. The molecule has 1 heterocycles. The molecule has 174 valence electrons. The number of carbonyl (C=O) groups excluding carboxylic acids is 3. The summed E-state index contributed by atoms with van der Waals surface area (Å²) in [6, 6.07) is 7.45. The van der Waals surface area contributed by atoms with Crippen molar-refractivity contribution in [2.24, 2.45) is 0 Å². The molecule has 0 saturated carbocycles. The summed E-state index contributed by atoms with van der Waals surface area (Å²) < 4.78 is 16.6. The molecule has 0 aliphatic carbocycles. The van der Waals surface area contributed by atoms with Gasteiger partial charge in [-0.2, -0.15) is 0 Å². The van der Waals surface area contributed by atoms with Crippen molar-refractivity contribution in [3.05, 3.63) is 60.9 Å². The van der Waals surface area contributed by atoms with E-state index in [4.69, 9.17) is 32.7 Å². The van der Waals surface area contributed by atoms with Crippen molar-refractivity contribution >= 4 is 74.1 Å². The maximum absolute atomic E-state index is 12.7. The number of thioether (sulfide) groups is 1. The highest BCUT2D eigenvalue weighted by atomic mass is 79.9. The van der Waals surface area contributed by atoms with Crippen molar-refractivity contribution in [2.75, 3.05) is 14.2 Å². The van der Waals surface area contributed by atoms with Gasteiger partial charge in [0.15, 0.2) is 11.5 Å². The van der Waals surface area contributed by atoms with Crippen LogP contribution in [0.3, 0.4) is 0 Å². The zero-order chi connectivity index (χ0) is 24.3. The lowest BCUT2D eigenvalue weighted by Gasteiger charge is -2.18. The Balaban J connectivity index is 1.85. The van der Waals surface area contributed by atoms with Crippen LogP contribution in [-0.2, 0) is 20.9 Å². The molecule has 2 amide bonds. The third kappa shape index (κ3) is 5.66. The van der Waals surface area contributed by atoms with Crippen LogP contribution in [0.4, 0.5) is 4.79 Å². The minimum atomic E-state index is -1.03. The van der Waals surface area contributed by atoms with Gasteiger partial charge in [0.05, 0.1) is 19.1 Å². The SMILES string of the molecule is COC(=O)[C@@H](C)N1C(=O)S/C(=C/c2cc(OC)c(OCc3ccc(Cl)cc3Cl)cc2Br)C1=O. The Bertz CT molecular complexity index is 1160. The van der Waals surface area contributed by atoms with Crippen LogP contribution in [0.25, 0.3) is 6.08 Å². The van der Waals surface area contributed by atoms with Gasteiger partial charge < -0.3 is 14.2 Å². The Kier molecular flexibility index (Phi) is 8.33. The topological polar surface area (TPSA) is 82.1 Å². The number of ether oxygens (including phenoxy) is 3. The minimum absolute atomic E-state index is 0.167. The lowest BCUT2D eigenvalue weighted by Crippen LogP contribution is -2.42. The van der Waals surface area contributed by atoms with E-state index in [0.29, 0.717) is 31.6 Å². The predicted octanol–water partition coefficient (Wildman–Crippen LogP) is 5.94. The largest absolute Gasteiger partial charge is 0.493 e. The fraction of sp³-hybridized carbons (Fsp3) is 0.227. The quantitative estimate of drug-likeness (QED) is 0.299. The smallest absolute Gasteiger partial charge is 0.328 e. The third-order valence-corrected chi connectivity index (χ3v) is 6.88. The summed E-state index contributed by atoms with van der Waals surface area (Å²) in [5.74, 6) is -0.396. The number of nitrogens with zero attached hydrogens (tertiary/aromatic N) is 1.